The fourth-order valence-electron chi connectivity index (χ4n) is 4.36. The van der Waals surface area contributed by atoms with Gasteiger partial charge in [0.1, 0.15) is 19.3 Å². The van der Waals surface area contributed by atoms with Crippen LogP contribution in [0, 0.1) is 29.6 Å². The van der Waals surface area contributed by atoms with Gasteiger partial charge in [0.05, 0.1) is 11.7 Å². The highest BCUT2D eigenvalue weighted by atomic mass is 16.6. The first kappa shape index (κ1) is 15.1. The zero-order valence-electron chi connectivity index (χ0n) is 13.0. The number of carbonyl (C=O) groups is 2. The Morgan fingerprint density at radius 1 is 1.27 bits per heavy atom. The highest BCUT2D eigenvalue weighted by molar-refractivity contribution is 5.86. The third-order valence-corrected chi connectivity index (χ3v) is 5.31. The molecule has 22 heavy (non-hydrogen) atoms. The number of rotatable bonds is 5. The zero-order chi connectivity index (χ0) is 16.0. The van der Waals surface area contributed by atoms with Gasteiger partial charge in [-0.3, -0.25) is 4.79 Å². The van der Waals surface area contributed by atoms with Crippen molar-refractivity contribution in [3.05, 3.63) is 24.5 Å². The summed E-state index contributed by atoms with van der Waals surface area (Å²) in [7, 11) is 0. The second kappa shape index (κ2) is 5.45. The maximum Gasteiger partial charge on any atom is 0.333 e. The first-order valence-electron chi connectivity index (χ1n) is 7.76. The first-order valence-corrected chi connectivity index (χ1v) is 7.76. The van der Waals surface area contributed by atoms with Crippen LogP contribution in [0.5, 0.6) is 0 Å². The summed E-state index contributed by atoms with van der Waals surface area (Å²) < 4.78 is 16.1. The van der Waals surface area contributed by atoms with Gasteiger partial charge in [-0.25, -0.2) is 4.79 Å². The summed E-state index contributed by atoms with van der Waals surface area (Å²) in [4.78, 5) is 23.7. The molecule has 1 aliphatic heterocycles. The average molecular weight is 306 g/mol. The summed E-state index contributed by atoms with van der Waals surface area (Å²) in [5.41, 5.74) is 0.332. The van der Waals surface area contributed by atoms with Gasteiger partial charge < -0.3 is 14.2 Å². The molecule has 5 nitrogen and oxygen atoms in total. The van der Waals surface area contributed by atoms with Crippen LogP contribution in [-0.2, 0) is 23.8 Å². The maximum absolute atomic E-state index is 12.4. The molecule has 120 valence electrons. The van der Waals surface area contributed by atoms with Gasteiger partial charge >= 0.3 is 11.9 Å². The predicted octanol–water partition coefficient (Wildman–Crippen LogP) is 2.08. The minimum Gasteiger partial charge on any atom is -0.494 e. The molecule has 1 saturated heterocycles. The van der Waals surface area contributed by atoms with Crippen LogP contribution in [-0.4, -0.2) is 31.3 Å². The Kier molecular flexibility index (Phi) is 3.75. The third-order valence-electron chi connectivity index (χ3n) is 5.31. The van der Waals surface area contributed by atoms with Gasteiger partial charge in [-0.15, -0.1) is 0 Å². The molecule has 0 amide bonds. The quantitative estimate of drug-likeness (QED) is 0.442. The van der Waals surface area contributed by atoms with Crippen molar-refractivity contribution in [3.63, 3.8) is 0 Å². The number of esters is 2. The van der Waals surface area contributed by atoms with Crippen LogP contribution in [0.3, 0.4) is 0 Å². The fourth-order valence-corrected chi connectivity index (χ4v) is 4.36. The first-order chi connectivity index (χ1) is 10.4. The van der Waals surface area contributed by atoms with Gasteiger partial charge in [-0.1, -0.05) is 20.1 Å². The third kappa shape index (κ3) is 2.23. The number of hydrogen-bond donors (Lipinski definition) is 0. The van der Waals surface area contributed by atoms with E-state index in [2.05, 4.69) is 20.1 Å². The molecule has 0 radical (unpaired) electrons. The smallest absolute Gasteiger partial charge is 0.333 e. The number of carbonyl (C=O) groups excluding carboxylic acids is 2. The molecule has 0 aromatic carbocycles. The Hall–Kier alpha value is -1.78. The van der Waals surface area contributed by atoms with Crippen molar-refractivity contribution >= 4 is 11.9 Å². The second-order valence-electron chi connectivity index (χ2n) is 6.61. The minimum absolute atomic E-state index is 0.0541. The van der Waals surface area contributed by atoms with Crippen molar-refractivity contribution in [2.75, 3.05) is 13.2 Å². The summed E-state index contributed by atoms with van der Waals surface area (Å²) in [6.45, 7) is 11.3. The number of ether oxygens (including phenoxy) is 3. The monoisotopic (exact) mass is 306 g/mol. The Morgan fingerprint density at radius 3 is 2.64 bits per heavy atom. The van der Waals surface area contributed by atoms with Crippen molar-refractivity contribution in [1.82, 2.24) is 0 Å². The van der Waals surface area contributed by atoms with Crippen LogP contribution < -0.4 is 0 Å². The van der Waals surface area contributed by atoms with Gasteiger partial charge in [-0.05, 0) is 25.2 Å². The Morgan fingerprint density at radius 2 is 1.95 bits per heavy atom. The van der Waals surface area contributed by atoms with E-state index in [4.69, 9.17) is 14.2 Å². The number of fused-ring (bicyclic) bond motifs is 1. The van der Waals surface area contributed by atoms with E-state index < -0.39 is 5.97 Å². The standard InChI is InChI=1S/C17H22O5/c1-8(2)16(18)20-5-6-21-17(19)14-11-7-12-13(14)10(4)22-15(12)9(11)3/h9,11-15H,1,4-7H2,2-3H3. The van der Waals surface area contributed by atoms with Crippen molar-refractivity contribution in [2.24, 2.45) is 29.6 Å². The lowest BCUT2D eigenvalue weighted by atomic mass is 9.74. The van der Waals surface area contributed by atoms with Crippen LogP contribution in [0.1, 0.15) is 20.3 Å². The average Bonchev–Trinajstić information content (AvgIpc) is 3.07. The summed E-state index contributed by atoms with van der Waals surface area (Å²) in [5.74, 6) is 1.05. The Balaban J connectivity index is 1.54. The molecular weight excluding hydrogens is 284 g/mol. The van der Waals surface area contributed by atoms with Crippen LogP contribution in [0.4, 0.5) is 0 Å². The number of hydrogen-bond acceptors (Lipinski definition) is 5. The van der Waals surface area contributed by atoms with Crippen LogP contribution in [0.2, 0.25) is 0 Å². The van der Waals surface area contributed by atoms with E-state index in [1.165, 1.54) is 0 Å². The van der Waals surface area contributed by atoms with Gasteiger partial charge in [0, 0.05) is 17.4 Å². The minimum atomic E-state index is -0.468. The predicted molar refractivity (Wildman–Crippen MR) is 78.5 cm³/mol. The van der Waals surface area contributed by atoms with E-state index in [0.29, 0.717) is 23.3 Å². The molecule has 0 spiro atoms. The van der Waals surface area contributed by atoms with E-state index >= 15 is 0 Å². The maximum atomic E-state index is 12.4. The molecular formula is C17H22O5. The van der Waals surface area contributed by atoms with E-state index in [9.17, 15) is 9.59 Å². The second-order valence-corrected chi connectivity index (χ2v) is 6.61. The van der Waals surface area contributed by atoms with Crippen LogP contribution >= 0.6 is 0 Å². The largest absolute Gasteiger partial charge is 0.494 e. The molecule has 3 fully saturated rings. The van der Waals surface area contributed by atoms with Crippen molar-refractivity contribution < 1.29 is 23.8 Å². The van der Waals surface area contributed by atoms with Gasteiger partial charge in [0.25, 0.3) is 0 Å². The van der Waals surface area contributed by atoms with Gasteiger partial charge in [-0.2, -0.15) is 0 Å². The van der Waals surface area contributed by atoms with Gasteiger partial charge in [0.2, 0.25) is 0 Å². The molecule has 5 heteroatoms. The summed E-state index contributed by atoms with van der Waals surface area (Å²) in [6.07, 6.45) is 1.24. The normalized spacial score (nSPS) is 37.8. The van der Waals surface area contributed by atoms with Crippen molar-refractivity contribution in [2.45, 2.75) is 26.4 Å². The molecule has 6 atom stereocenters. The molecule has 1 heterocycles. The summed E-state index contributed by atoms with van der Waals surface area (Å²) in [5, 5.41) is 0. The molecule has 0 aromatic rings. The lowest BCUT2D eigenvalue weighted by Crippen LogP contribution is -2.36. The lowest BCUT2D eigenvalue weighted by molar-refractivity contribution is -0.156. The molecule has 0 aromatic heterocycles. The highest BCUT2D eigenvalue weighted by Crippen LogP contribution is 2.63. The van der Waals surface area contributed by atoms with Crippen molar-refractivity contribution in [3.8, 4) is 0 Å². The van der Waals surface area contributed by atoms with E-state index in [0.717, 1.165) is 12.2 Å². The Bertz CT molecular complexity index is 537. The van der Waals surface area contributed by atoms with E-state index in [1.54, 1.807) is 6.92 Å². The summed E-state index contributed by atoms with van der Waals surface area (Å²) in [6, 6.07) is 0. The molecule has 2 aliphatic carbocycles. The van der Waals surface area contributed by atoms with E-state index in [1.807, 2.05) is 0 Å². The topological polar surface area (TPSA) is 61.8 Å². The van der Waals surface area contributed by atoms with Crippen LogP contribution in [0.15, 0.2) is 24.5 Å². The van der Waals surface area contributed by atoms with Crippen LogP contribution in [0.25, 0.3) is 0 Å². The molecule has 6 unspecified atom stereocenters. The number of allylic oxidation sites excluding steroid dienone is 1. The van der Waals surface area contributed by atoms with Crippen molar-refractivity contribution in [1.29, 1.82) is 0 Å². The molecule has 2 saturated carbocycles. The SMILES string of the molecule is C=C(C)C(=O)OCCOC(=O)C1C2CC3C(OC(=C)C31)C2C. The Labute approximate surface area is 130 Å². The van der Waals surface area contributed by atoms with E-state index in [-0.39, 0.29) is 37.1 Å². The highest BCUT2D eigenvalue weighted by Gasteiger charge is 2.65. The molecule has 3 aliphatic rings. The zero-order valence-corrected chi connectivity index (χ0v) is 13.0. The molecule has 3 rings (SSSR count). The molecule has 0 N–H and O–H groups in total. The molecule has 2 bridgehead atoms. The van der Waals surface area contributed by atoms with Gasteiger partial charge in [0.15, 0.2) is 0 Å². The fraction of sp³-hybridized carbons (Fsp3) is 0.647. The lowest BCUT2D eigenvalue weighted by Gasteiger charge is -2.28. The summed E-state index contributed by atoms with van der Waals surface area (Å²) >= 11 is 0.